The molecule has 0 spiro atoms. The minimum atomic E-state index is -0.914. The van der Waals surface area contributed by atoms with Crippen LogP contribution < -0.4 is 4.74 Å². The molecule has 3 rings (SSSR count). The Bertz CT molecular complexity index is 738. The first-order valence-electron chi connectivity index (χ1n) is 8.33. The summed E-state index contributed by atoms with van der Waals surface area (Å²) in [5.74, 6) is -0.199. The van der Waals surface area contributed by atoms with E-state index in [1.54, 1.807) is 6.92 Å². The summed E-state index contributed by atoms with van der Waals surface area (Å²) in [6, 6.07) is 6.20. The Morgan fingerprint density at radius 1 is 1.46 bits per heavy atom. The van der Waals surface area contributed by atoms with Crippen molar-refractivity contribution in [3.05, 3.63) is 29.5 Å². The van der Waals surface area contributed by atoms with Gasteiger partial charge in [0.15, 0.2) is 0 Å². The van der Waals surface area contributed by atoms with Crippen LogP contribution in [0.25, 0.3) is 10.9 Å². The predicted octanol–water partition coefficient (Wildman–Crippen LogP) is 2.19. The van der Waals surface area contributed by atoms with Crippen LogP contribution in [0.4, 0.5) is 0 Å². The molecule has 24 heavy (non-hydrogen) atoms. The topological polar surface area (TPSA) is 68.8 Å². The van der Waals surface area contributed by atoms with E-state index in [1.807, 2.05) is 18.2 Å². The first kappa shape index (κ1) is 16.8. The first-order chi connectivity index (χ1) is 11.5. The van der Waals surface area contributed by atoms with Gasteiger partial charge in [0.2, 0.25) is 0 Å². The van der Waals surface area contributed by atoms with Gasteiger partial charge in [-0.15, -0.1) is 0 Å². The summed E-state index contributed by atoms with van der Waals surface area (Å²) in [6.07, 6.45) is 1.20. The van der Waals surface area contributed by atoms with Crippen LogP contribution in [0.15, 0.2) is 18.2 Å². The zero-order chi connectivity index (χ0) is 17.3. The summed E-state index contributed by atoms with van der Waals surface area (Å²) < 4.78 is 5.85. The van der Waals surface area contributed by atoms with Gasteiger partial charge in [-0.1, -0.05) is 0 Å². The average molecular weight is 331 g/mol. The van der Waals surface area contributed by atoms with E-state index in [-0.39, 0.29) is 0 Å². The molecule has 2 aromatic rings. The van der Waals surface area contributed by atoms with Gasteiger partial charge in [0.05, 0.1) is 5.56 Å². The molecule has 1 unspecified atom stereocenters. The van der Waals surface area contributed by atoms with Crippen LogP contribution >= 0.6 is 0 Å². The molecule has 6 nitrogen and oxygen atoms in total. The highest BCUT2D eigenvalue weighted by Crippen LogP contribution is 2.26. The predicted molar refractivity (Wildman–Crippen MR) is 94.0 cm³/mol. The second kappa shape index (κ2) is 6.83. The van der Waals surface area contributed by atoms with Crippen LogP contribution in [0.3, 0.4) is 0 Å². The van der Waals surface area contributed by atoms with E-state index in [0.29, 0.717) is 35.0 Å². The molecule has 1 fully saturated rings. The smallest absolute Gasteiger partial charge is 0.338 e. The summed E-state index contributed by atoms with van der Waals surface area (Å²) in [6.45, 7) is 5.46. The molecule has 0 saturated carbocycles. The molecule has 1 aromatic carbocycles. The number of aromatic amines is 1. The number of H-pyrrole nitrogens is 1. The van der Waals surface area contributed by atoms with E-state index in [0.717, 1.165) is 25.2 Å². The lowest BCUT2D eigenvalue weighted by molar-refractivity contribution is 0.0698. The van der Waals surface area contributed by atoms with Gasteiger partial charge in [0, 0.05) is 35.7 Å². The molecule has 1 aliphatic heterocycles. The van der Waals surface area contributed by atoms with Crippen molar-refractivity contribution in [2.75, 3.05) is 40.3 Å². The van der Waals surface area contributed by atoms with Gasteiger partial charge in [-0.2, -0.15) is 0 Å². The molecule has 2 heterocycles. The fourth-order valence-electron chi connectivity index (χ4n) is 3.40. The second-order valence-electron chi connectivity index (χ2n) is 6.69. The number of likely N-dealkylation sites (tertiary alicyclic amines) is 1. The zero-order valence-corrected chi connectivity index (χ0v) is 14.5. The largest absolute Gasteiger partial charge is 0.492 e. The first-order valence-corrected chi connectivity index (χ1v) is 8.33. The van der Waals surface area contributed by atoms with E-state index < -0.39 is 5.97 Å². The quantitative estimate of drug-likeness (QED) is 0.849. The van der Waals surface area contributed by atoms with Crippen molar-refractivity contribution in [1.82, 2.24) is 14.8 Å². The Balaban J connectivity index is 1.62. The molecule has 0 radical (unpaired) electrons. The summed E-state index contributed by atoms with van der Waals surface area (Å²) in [5.41, 5.74) is 1.82. The highest BCUT2D eigenvalue weighted by molar-refractivity contribution is 6.05. The van der Waals surface area contributed by atoms with Crippen LogP contribution in [0, 0.1) is 6.92 Å². The Labute approximate surface area is 142 Å². The van der Waals surface area contributed by atoms with E-state index in [1.165, 1.54) is 6.42 Å². The standard InChI is InChI=1S/C18H25N3O3/c1-12-17(18(22)23)15-10-14(4-5-16(15)19-12)24-9-8-21-7-6-13(11-21)20(2)3/h4-5,10,13,19H,6-9,11H2,1-3H3,(H,22,23). The second-order valence-corrected chi connectivity index (χ2v) is 6.69. The van der Waals surface area contributed by atoms with Crippen LogP contribution in [-0.4, -0.2) is 72.2 Å². The molecule has 1 aromatic heterocycles. The number of aromatic carboxylic acids is 1. The number of rotatable bonds is 6. The highest BCUT2D eigenvalue weighted by atomic mass is 16.5. The van der Waals surface area contributed by atoms with Crippen molar-refractivity contribution in [2.45, 2.75) is 19.4 Å². The number of fused-ring (bicyclic) bond motifs is 1. The van der Waals surface area contributed by atoms with Crippen LogP contribution in [0.5, 0.6) is 5.75 Å². The zero-order valence-electron chi connectivity index (χ0n) is 14.5. The summed E-state index contributed by atoms with van der Waals surface area (Å²) >= 11 is 0. The van der Waals surface area contributed by atoms with Crippen molar-refractivity contribution in [3.63, 3.8) is 0 Å². The highest BCUT2D eigenvalue weighted by Gasteiger charge is 2.23. The number of nitrogens with zero attached hydrogens (tertiary/aromatic N) is 2. The number of ether oxygens (including phenoxy) is 1. The molecular weight excluding hydrogens is 306 g/mol. The third-order valence-electron chi connectivity index (χ3n) is 4.83. The number of likely N-dealkylation sites (N-methyl/N-ethyl adjacent to an activating group) is 1. The number of hydrogen-bond acceptors (Lipinski definition) is 4. The van der Waals surface area contributed by atoms with Crippen molar-refractivity contribution in [1.29, 1.82) is 0 Å². The Kier molecular flexibility index (Phi) is 4.78. The summed E-state index contributed by atoms with van der Waals surface area (Å²) in [4.78, 5) is 19.2. The minimum absolute atomic E-state index is 0.323. The van der Waals surface area contributed by atoms with Gasteiger partial charge < -0.3 is 19.7 Å². The molecule has 1 saturated heterocycles. The van der Waals surface area contributed by atoms with Crippen LogP contribution in [0.2, 0.25) is 0 Å². The third kappa shape index (κ3) is 3.39. The summed E-state index contributed by atoms with van der Waals surface area (Å²) in [5, 5.41) is 10.1. The maximum atomic E-state index is 11.4. The molecule has 2 N–H and O–H groups in total. The molecule has 0 bridgehead atoms. The Morgan fingerprint density at radius 3 is 2.92 bits per heavy atom. The molecule has 1 aliphatic rings. The van der Waals surface area contributed by atoms with E-state index in [4.69, 9.17) is 4.74 Å². The van der Waals surface area contributed by atoms with E-state index in [9.17, 15) is 9.90 Å². The van der Waals surface area contributed by atoms with E-state index in [2.05, 4.69) is 28.9 Å². The molecular formula is C18H25N3O3. The van der Waals surface area contributed by atoms with Crippen molar-refractivity contribution < 1.29 is 14.6 Å². The van der Waals surface area contributed by atoms with Gasteiger partial charge in [-0.05, 0) is 52.2 Å². The van der Waals surface area contributed by atoms with Gasteiger partial charge >= 0.3 is 5.97 Å². The number of aryl methyl sites for hydroxylation is 1. The third-order valence-corrected chi connectivity index (χ3v) is 4.83. The maximum absolute atomic E-state index is 11.4. The fourth-order valence-corrected chi connectivity index (χ4v) is 3.40. The van der Waals surface area contributed by atoms with Crippen molar-refractivity contribution in [2.24, 2.45) is 0 Å². The van der Waals surface area contributed by atoms with Crippen molar-refractivity contribution in [3.8, 4) is 5.75 Å². The van der Waals surface area contributed by atoms with Gasteiger partial charge in [-0.25, -0.2) is 4.79 Å². The van der Waals surface area contributed by atoms with Gasteiger partial charge in [0.25, 0.3) is 0 Å². The maximum Gasteiger partial charge on any atom is 0.338 e. The number of carboxylic acids is 1. The number of benzene rings is 1. The van der Waals surface area contributed by atoms with E-state index >= 15 is 0 Å². The molecule has 6 heteroatoms. The fraction of sp³-hybridized carbons (Fsp3) is 0.500. The molecule has 0 amide bonds. The number of nitrogens with one attached hydrogen (secondary N) is 1. The number of aromatic nitrogens is 1. The van der Waals surface area contributed by atoms with Crippen LogP contribution in [-0.2, 0) is 0 Å². The summed E-state index contributed by atoms with van der Waals surface area (Å²) in [7, 11) is 4.25. The van der Waals surface area contributed by atoms with Gasteiger partial charge in [0.1, 0.15) is 12.4 Å². The molecule has 130 valence electrons. The molecule has 1 atom stereocenters. The number of hydrogen-bond donors (Lipinski definition) is 2. The molecule has 0 aliphatic carbocycles. The SMILES string of the molecule is Cc1[nH]c2ccc(OCCN3CCC(N(C)C)C3)cc2c1C(=O)O. The Morgan fingerprint density at radius 2 is 2.25 bits per heavy atom. The lowest BCUT2D eigenvalue weighted by atomic mass is 10.1. The van der Waals surface area contributed by atoms with Crippen molar-refractivity contribution >= 4 is 16.9 Å². The minimum Gasteiger partial charge on any atom is -0.492 e. The average Bonchev–Trinajstić information content (AvgIpc) is 3.10. The monoisotopic (exact) mass is 331 g/mol. The normalized spacial score (nSPS) is 18.6. The van der Waals surface area contributed by atoms with Gasteiger partial charge in [-0.3, -0.25) is 4.90 Å². The lowest BCUT2D eigenvalue weighted by Gasteiger charge is -2.20. The lowest BCUT2D eigenvalue weighted by Crippen LogP contribution is -2.33. The number of carbonyl (C=O) groups is 1. The number of carboxylic acid groups (broad SMARTS) is 1. The van der Waals surface area contributed by atoms with Crippen LogP contribution in [0.1, 0.15) is 22.5 Å². The Hall–Kier alpha value is -2.05.